The molecule has 0 atom stereocenters. The van der Waals surface area contributed by atoms with E-state index < -0.39 is 15.6 Å². The third kappa shape index (κ3) is 3.17. The standard InChI is InChI=1S/C14H20ClNO3S/c1-11-9-12(15)5-6-13(11)20(18,19)16(2)10-14(17)7-3-4-8-14/h5-6,9,17H,3-4,7-8,10H2,1-2H3. The number of aliphatic hydroxyl groups is 1. The fraction of sp³-hybridized carbons (Fsp3) is 0.571. The van der Waals surface area contributed by atoms with Crippen molar-refractivity contribution in [1.29, 1.82) is 0 Å². The van der Waals surface area contributed by atoms with E-state index in [1.165, 1.54) is 17.4 Å². The van der Waals surface area contributed by atoms with E-state index in [2.05, 4.69) is 0 Å². The second kappa shape index (κ2) is 5.64. The minimum absolute atomic E-state index is 0.136. The maximum atomic E-state index is 12.6. The summed E-state index contributed by atoms with van der Waals surface area (Å²) < 4.78 is 26.4. The summed E-state index contributed by atoms with van der Waals surface area (Å²) in [5.74, 6) is 0. The molecule has 2 rings (SSSR count). The smallest absolute Gasteiger partial charge is 0.243 e. The van der Waals surface area contributed by atoms with E-state index in [9.17, 15) is 13.5 Å². The van der Waals surface area contributed by atoms with Crippen LogP contribution < -0.4 is 0 Å². The summed E-state index contributed by atoms with van der Waals surface area (Å²) in [6, 6.07) is 4.72. The van der Waals surface area contributed by atoms with Gasteiger partial charge in [0.05, 0.1) is 10.5 Å². The van der Waals surface area contributed by atoms with Crippen molar-refractivity contribution >= 4 is 21.6 Å². The number of aryl methyl sites for hydroxylation is 1. The molecule has 0 bridgehead atoms. The summed E-state index contributed by atoms with van der Waals surface area (Å²) in [7, 11) is -2.08. The lowest BCUT2D eigenvalue weighted by molar-refractivity contribution is 0.0333. The zero-order chi connectivity index (χ0) is 15.0. The Morgan fingerprint density at radius 1 is 1.35 bits per heavy atom. The van der Waals surface area contributed by atoms with Crippen molar-refractivity contribution in [1.82, 2.24) is 4.31 Å². The molecule has 1 aliphatic rings. The van der Waals surface area contributed by atoms with Crippen LogP contribution in [0.3, 0.4) is 0 Å². The quantitative estimate of drug-likeness (QED) is 0.928. The predicted molar refractivity (Wildman–Crippen MR) is 79.4 cm³/mol. The predicted octanol–water partition coefficient (Wildman–Crippen LogP) is 2.57. The van der Waals surface area contributed by atoms with Crippen molar-refractivity contribution in [2.75, 3.05) is 13.6 Å². The molecule has 1 saturated carbocycles. The van der Waals surface area contributed by atoms with Gasteiger partial charge in [0, 0.05) is 18.6 Å². The summed E-state index contributed by atoms with van der Waals surface area (Å²) in [6.07, 6.45) is 3.22. The van der Waals surface area contributed by atoms with Crippen LogP contribution >= 0.6 is 11.6 Å². The number of likely N-dealkylation sites (N-methyl/N-ethyl adjacent to an activating group) is 1. The fourth-order valence-corrected chi connectivity index (χ4v) is 4.44. The third-order valence-electron chi connectivity index (χ3n) is 3.88. The molecule has 0 radical (unpaired) electrons. The first kappa shape index (κ1) is 15.8. The first-order valence-electron chi connectivity index (χ1n) is 6.69. The average Bonchev–Trinajstić information content (AvgIpc) is 2.75. The molecule has 1 fully saturated rings. The molecule has 0 unspecified atom stereocenters. The van der Waals surface area contributed by atoms with E-state index in [1.54, 1.807) is 19.1 Å². The highest BCUT2D eigenvalue weighted by Crippen LogP contribution is 2.31. The van der Waals surface area contributed by atoms with Gasteiger partial charge in [0.1, 0.15) is 0 Å². The number of nitrogens with zero attached hydrogens (tertiary/aromatic N) is 1. The van der Waals surface area contributed by atoms with E-state index in [0.29, 0.717) is 23.4 Å². The Hall–Kier alpha value is -0.620. The Morgan fingerprint density at radius 2 is 1.95 bits per heavy atom. The van der Waals surface area contributed by atoms with Gasteiger partial charge >= 0.3 is 0 Å². The highest BCUT2D eigenvalue weighted by Gasteiger charge is 2.36. The monoisotopic (exact) mass is 317 g/mol. The van der Waals surface area contributed by atoms with Crippen LogP contribution in [0.4, 0.5) is 0 Å². The van der Waals surface area contributed by atoms with Crippen LogP contribution in [-0.4, -0.2) is 37.0 Å². The lowest BCUT2D eigenvalue weighted by Crippen LogP contribution is -2.42. The molecule has 0 heterocycles. The minimum atomic E-state index is -3.60. The van der Waals surface area contributed by atoms with Crippen LogP contribution in [0.1, 0.15) is 31.2 Å². The van der Waals surface area contributed by atoms with Crippen molar-refractivity contribution in [2.24, 2.45) is 0 Å². The second-order valence-corrected chi connectivity index (χ2v) is 8.05. The number of hydrogen-bond donors (Lipinski definition) is 1. The topological polar surface area (TPSA) is 57.6 Å². The van der Waals surface area contributed by atoms with E-state index in [0.717, 1.165) is 12.8 Å². The molecule has 1 N–H and O–H groups in total. The molecule has 20 heavy (non-hydrogen) atoms. The molecule has 0 spiro atoms. The maximum absolute atomic E-state index is 12.6. The van der Waals surface area contributed by atoms with Crippen LogP contribution in [0.15, 0.2) is 23.1 Å². The molecular weight excluding hydrogens is 298 g/mol. The van der Waals surface area contributed by atoms with Gasteiger partial charge in [-0.3, -0.25) is 0 Å². The summed E-state index contributed by atoms with van der Waals surface area (Å²) in [4.78, 5) is 0.242. The molecule has 4 nitrogen and oxygen atoms in total. The molecule has 0 aromatic heterocycles. The number of hydrogen-bond acceptors (Lipinski definition) is 3. The Morgan fingerprint density at radius 3 is 2.50 bits per heavy atom. The van der Waals surface area contributed by atoms with Crippen molar-refractivity contribution in [2.45, 2.75) is 43.1 Å². The van der Waals surface area contributed by atoms with Gasteiger partial charge < -0.3 is 5.11 Å². The van der Waals surface area contributed by atoms with E-state index in [4.69, 9.17) is 11.6 Å². The lowest BCUT2D eigenvalue weighted by atomic mass is 10.0. The molecule has 1 aliphatic carbocycles. The molecule has 6 heteroatoms. The normalized spacial score (nSPS) is 18.6. The van der Waals surface area contributed by atoms with Gasteiger partial charge in [-0.15, -0.1) is 0 Å². The lowest BCUT2D eigenvalue weighted by Gasteiger charge is -2.28. The van der Waals surface area contributed by atoms with Gasteiger partial charge in [-0.1, -0.05) is 24.4 Å². The van der Waals surface area contributed by atoms with E-state index in [1.807, 2.05) is 0 Å². The SMILES string of the molecule is Cc1cc(Cl)ccc1S(=O)(=O)N(C)CC1(O)CCCC1. The first-order chi connectivity index (χ1) is 9.24. The molecule has 0 aliphatic heterocycles. The highest BCUT2D eigenvalue weighted by molar-refractivity contribution is 7.89. The summed E-state index contributed by atoms with van der Waals surface area (Å²) >= 11 is 5.86. The Bertz CT molecular complexity index is 594. The van der Waals surface area contributed by atoms with Crippen molar-refractivity contribution in [3.63, 3.8) is 0 Å². The number of sulfonamides is 1. The zero-order valence-electron chi connectivity index (χ0n) is 11.8. The van der Waals surface area contributed by atoms with Crippen LogP contribution in [0.5, 0.6) is 0 Å². The van der Waals surface area contributed by atoms with Crippen LogP contribution in [-0.2, 0) is 10.0 Å². The molecule has 0 amide bonds. The maximum Gasteiger partial charge on any atom is 0.243 e. The Balaban J connectivity index is 2.25. The molecule has 1 aromatic carbocycles. The number of halogens is 1. The van der Waals surface area contributed by atoms with Crippen molar-refractivity contribution in [3.8, 4) is 0 Å². The summed E-state index contributed by atoms with van der Waals surface area (Å²) in [5.41, 5.74) is -0.273. The van der Waals surface area contributed by atoms with Gasteiger partial charge in [-0.2, -0.15) is 4.31 Å². The van der Waals surface area contributed by atoms with Gasteiger partial charge in [0.2, 0.25) is 10.0 Å². The molecular formula is C14H20ClNO3S. The van der Waals surface area contributed by atoms with Crippen LogP contribution in [0, 0.1) is 6.92 Å². The van der Waals surface area contributed by atoms with Gasteiger partial charge in [0.15, 0.2) is 0 Å². The van der Waals surface area contributed by atoms with Crippen molar-refractivity contribution in [3.05, 3.63) is 28.8 Å². The van der Waals surface area contributed by atoms with E-state index in [-0.39, 0.29) is 11.4 Å². The van der Waals surface area contributed by atoms with Crippen molar-refractivity contribution < 1.29 is 13.5 Å². The molecule has 112 valence electrons. The van der Waals surface area contributed by atoms with E-state index >= 15 is 0 Å². The van der Waals surface area contributed by atoms with Gasteiger partial charge in [0.25, 0.3) is 0 Å². The number of benzene rings is 1. The summed E-state index contributed by atoms with van der Waals surface area (Å²) in [5, 5.41) is 10.9. The average molecular weight is 318 g/mol. The molecule has 1 aromatic rings. The highest BCUT2D eigenvalue weighted by atomic mass is 35.5. The van der Waals surface area contributed by atoms with Gasteiger partial charge in [-0.25, -0.2) is 8.42 Å². The van der Waals surface area contributed by atoms with Gasteiger partial charge in [-0.05, 0) is 43.5 Å². The second-order valence-electron chi connectivity index (χ2n) is 5.60. The Kier molecular flexibility index (Phi) is 4.44. The summed E-state index contributed by atoms with van der Waals surface area (Å²) in [6.45, 7) is 1.86. The zero-order valence-corrected chi connectivity index (χ0v) is 13.3. The minimum Gasteiger partial charge on any atom is -0.389 e. The Labute approximate surface area is 125 Å². The third-order valence-corrected chi connectivity index (χ3v) is 6.08. The largest absolute Gasteiger partial charge is 0.389 e. The number of rotatable bonds is 4. The first-order valence-corrected chi connectivity index (χ1v) is 8.51. The fourth-order valence-electron chi connectivity index (χ4n) is 2.76. The van der Waals surface area contributed by atoms with Crippen LogP contribution in [0.25, 0.3) is 0 Å². The molecule has 0 saturated heterocycles. The van der Waals surface area contributed by atoms with Crippen LogP contribution in [0.2, 0.25) is 5.02 Å².